The van der Waals surface area contributed by atoms with Crippen LogP contribution in [0.5, 0.6) is 0 Å². The molecule has 1 aromatic rings. The van der Waals surface area contributed by atoms with Gasteiger partial charge >= 0.3 is 0 Å². The predicted octanol–water partition coefficient (Wildman–Crippen LogP) is 4.42. The summed E-state index contributed by atoms with van der Waals surface area (Å²) in [5, 5.41) is 4.56. The predicted molar refractivity (Wildman–Crippen MR) is 85.5 cm³/mol. The molecule has 1 fully saturated rings. The molecule has 0 aliphatic carbocycles. The summed E-state index contributed by atoms with van der Waals surface area (Å²) in [6, 6.07) is 4.63. The van der Waals surface area contributed by atoms with Gasteiger partial charge < -0.3 is 10.1 Å². The third kappa shape index (κ3) is 3.36. The van der Waals surface area contributed by atoms with Gasteiger partial charge in [-0.05, 0) is 62.9 Å². The summed E-state index contributed by atoms with van der Waals surface area (Å²) < 4.78 is 5.76. The molecule has 1 aliphatic heterocycles. The molecule has 1 saturated heterocycles. The number of ether oxygens (including phenoxy) is 1. The van der Waals surface area contributed by atoms with Crippen molar-refractivity contribution in [3.63, 3.8) is 0 Å². The minimum absolute atomic E-state index is 0.291. The number of benzene rings is 1. The van der Waals surface area contributed by atoms with E-state index < -0.39 is 0 Å². The SMILES string of the molecule is CCCNC(c1cc(C)c(C)cc1Cl)C1CCOC1C. The molecule has 0 radical (unpaired) electrons. The summed E-state index contributed by atoms with van der Waals surface area (Å²) in [7, 11) is 0. The fraction of sp³-hybridized carbons (Fsp3) is 0.647. The third-order valence-electron chi connectivity index (χ3n) is 4.43. The van der Waals surface area contributed by atoms with Crippen LogP contribution in [-0.4, -0.2) is 19.3 Å². The standard InChI is InChI=1S/C17H26ClNO/c1-5-7-19-17(14-6-8-20-13(14)4)15-9-11(2)12(3)10-16(15)18/h9-10,13-14,17,19H,5-8H2,1-4H3. The van der Waals surface area contributed by atoms with Crippen LogP contribution in [0.15, 0.2) is 12.1 Å². The zero-order chi connectivity index (χ0) is 14.7. The molecule has 112 valence electrons. The largest absolute Gasteiger partial charge is 0.378 e. The van der Waals surface area contributed by atoms with E-state index in [1.165, 1.54) is 16.7 Å². The second-order valence-electron chi connectivity index (χ2n) is 5.92. The average molecular weight is 296 g/mol. The summed E-state index contributed by atoms with van der Waals surface area (Å²) >= 11 is 6.52. The van der Waals surface area contributed by atoms with Gasteiger partial charge in [-0.15, -0.1) is 0 Å². The fourth-order valence-electron chi connectivity index (χ4n) is 3.02. The normalized spacial score (nSPS) is 24.1. The van der Waals surface area contributed by atoms with Gasteiger partial charge in [-0.1, -0.05) is 24.6 Å². The number of rotatable bonds is 5. The van der Waals surface area contributed by atoms with E-state index in [1.54, 1.807) is 0 Å². The Hall–Kier alpha value is -0.570. The first-order chi connectivity index (χ1) is 9.54. The molecular weight excluding hydrogens is 270 g/mol. The maximum atomic E-state index is 6.52. The minimum Gasteiger partial charge on any atom is -0.378 e. The molecule has 0 saturated carbocycles. The summed E-state index contributed by atoms with van der Waals surface area (Å²) in [5.41, 5.74) is 3.79. The molecule has 3 atom stereocenters. The number of halogens is 1. The van der Waals surface area contributed by atoms with Gasteiger partial charge in [0.25, 0.3) is 0 Å². The van der Waals surface area contributed by atoms with Crippen LogP contribution in [0.1, 0.15) is 49.4 Å². The van der Waals surface area contributed by atoms with Gasteiger partial charge in [-0.2, -0.15) is 0 Å². The number of hydrogen-bond donors (Lipinski definition) is 1. The fourth-order valence-corrected chi connectivity index (χ4v) is 3.36. The maximum absolute atomic E-state index is 6.52. The van der Waals surface area contributed by atoms with E-state index in [2.05, 4.69) is 45.1 Å². The Kier molecular flexibility index (Phi) is 5.48. The van der Waals surface area contributed by atoms with Crippen LogP contribution in [-0.2, 0) is 4.74 Å². The second-order valence-corrected chi connectivity index (χ2v) is 6.33. The zero-order valence-corrected chi connectivity index (χ0v) is 13.8. The van der Waals surface area contributed by atoms with Crippen LogP contribution in [0, 0.1) is 19.8 Å². The first-order valence-electron chi connectivity index (χ1n) is 7.66. The highest BCUT2D eigenvalue weighted by molar-refractivity contribution is 6.31. The summed E-state index contributed by atoms with van der Waals surface area (Å²) in [4.78, 5) is 0. The molecular formula is C17H26ClNO. The van der Waals surface area contributed by atoms with Crippen molar-refractivity contribution >= 4 is 11.6 Å². The smallest absolute Gasteiger partial charge is 0.0594 e. The quantitative estimate of drug-likeness (QED) is 0.868. The van der Waals surface area contributed by atoms with Gasteiger partial charge in [0, 0.05) is 23.6 Å². The molecule has 0 amide bonds. The molecule has 1 N–H and O–H groups in total. The maximum Gasteiger partial charge on any atom is 0.0594 e. The van der Waals surface area contributed by atoms with E-state index in [-0.39, 0.29) is 0 Å². The van der Waals surface area contributed by atoms with Crippen molar-refractivity contribution in [3.05, 3.63) is 33.8 Å². The molecule has 0 bridgehead atoms. The molecule has 20 heavy (non-hydrogen) atoms. The van der Waals surface area contributed by atoms with Crippen molar-refractivity contribution in [1.29, 1.82) is 0 Å². The molecule has 2 rings (SSSR count). The van der Waals surface area contributed by atoms with E-state index in [0.717, 1.165) is 31.0 Å². The average Bonchev–Trinajstić information content (AvgIpc) is 2.82. The Morgan fingerprint density at radius 2 is 2.05 bits per heavy atom. The molecule has 3 heteroatoms. The lowest BCUT2D eigenvalue weighted by molar-refractivity contribution is 0.0954. The van der Waals surface area contributed by atoms with Crippen LogP contribution < -0.4 is 5.32 Å². The van der Waals surface area contributed by atoms with Gasteiger partial charge in [0.15, 0.2) is 0 Å². The van der Waals surface area contributed by atoms with Crippen LogP contribution in [0.4, 0.5) is 0 Å². The highest BCUT2D eigenvalue weighted by atomic mass is 35.5. The minimum atomic E-state index is 0.291. The lowest BCUT2D eigenvalue weighted by Crippen LogP contribution is -2.32. The lowest BCUT2D eigenvalue weighted by Gasteiger charge is -2.28. The Bertz CT molecular complexity index is 461. The van der Waals surface area contributed by atoms with E-state index in [4.69, 9.17) is 16.3 Å². The van der Waals surface area contributed by atoms with Crippen LogP contribution in [0.25, 0.3) is 0 Å². The number of nitrogens with one attached hydrogen (secondary N) is 1. The highest BCUT2D eigenvalue weighted by Crippen LogP contribution is 2.37. The van der Waals surface area contributed by atoms with E-state index in [1.807, 2.05) is 0 Å². The van der Waals surface area contributed by atoms with Crippen LogP contribution >= 0.6 is 11.6 Å². The molecule has 0 spiro atoms. The zero-order valence-electron chi connectivity index (χ0n) is 13.0. The van der Waals surface area contributed by atoms with E-state index in [0.29, 0.717) is 18.1 Å². The van der Waals surface area contributed by atoms with Gasteiger partial charge in [-0.25, -0.2) is 0 Å². The molecule has 1 aromatic carbocycles. The Morgan fingerprint density at radius 1 is 1.35 bits per heavy atom. The van der Waals surface area contributed by atoms with Gasteiger partial charge in [0.05, 0.1) is 6.10 Å². The van der Waals surface area contributed by atoms with Gasteiger partial charge in [0.1, 0.15) is 0 Å². The first-order valence-corrected chi connectivity index (χ1v) is 8.04. The van der Waals surface area contributed by atoms with Crippen molar-refractivity contribution < 1.29 is 4.74 Å². The van der Waals surface area contributed by atoms with Gasteiger partial charge in [-0.3, -0.25) is 0 Å². The van der Waals surface area contributed by atoms with Crippen molar-refractivity contribution in [2.24, 2.45) is 5.92 Å². The number of hydrogen-bond acceptors (Lipinski definition) is 2. The van der Waals surface area contributed by atoms with E-state index in [9.17, 15) is 0 Å². The van der Waals surface area contributed by atoms with E-state index >= 15 is 0 Å². The first kappa shape index (κ1) is 15.8. The Morgan fingerprint density at radius 3 is 2.65 bits per heavy atom. The molecule has 0 aromatic heterocycles. The molecule has 1 aliphatic rings. The van der Waals surface area contributed by atoms with Crippen molar-refractivity contribution in [2.75, 3.05) is 13.2 Å². The summed E-state index contributed by atoms with van der Waals surface area (Å²) in [5.74, 6) is 0.501. The highest BCUT2D eigenvalue weighted by Gasteiger charge is 2.33. The molecule has 3 unspecified atom stereocenters. The van der Waals surface area contributed by atoms with Crippen molar-refractivity contribution in [2.45, 2.75) is 52.7 Å². The Balaban J connectivity index is 2.32. The monoisotopic (exact) mass is 295 g/mol. The molecule has 2 nitrogen and oxygen atoms in total. The second kappa shape index (κ2) is 6.93. The third-order valence-corrected chi connectivity index (χ3v) is 4.75. The summed E-state index contributed by atoms with van der Waals surface area (Å²) in [6.45, 7) is 10.5. The Labute approximate surface area is 127 Å². The van der Waals surface area contributed by atoms with Crippen LogP contribution in [0.2, 0.25) is 5.02 Å². The lowest BCUT2D eigenvalue weighted by atomic mass is 9.87. The summed E-state index contributed by atoms with van der Waals surface area (Å²) in [6.07, 6.45) is 2.52. The van der Waals surface area contributed by atoms with Crippen LogP contribution in [0.3, 0.4) is 0 Å². The van der Waals surface area contributed by atoms with Crippen molar-refractivity contribution in [1.82, 2.24) is 5.32 Å². The number of aryl methyl sites for hydroxylation is 2. The van der Waals surface area contributed by atoms with Crippen molar-refractivity contribution in [3.8, 4) is 0 Å². The molecule has 1 heterocycles. The topological polar surface area (TPSA) is 21.3 Å². The van der Waals surface area contributed by atoms with Gasteiger partial charge in [0.2, 0.25) is 0 Å².